The summed E-state index contributed by atoms with van der Waals surface area (Å²) < 4.78 is 0. The maximum atomic E-state index is 8.83. The van der Waals surface area contributed by atoms with Crippen molar-refractivity contribution < 1.29 is 0 Å². The highest BCUT2D eigenvalue weighted by Crippen LogP contribution is 2.17. The Balaban J connectivity index is 1.92. The average molecular weight is 257 g/mol. The fourth-order valence-electron chi connectivity index (χ4n) is 2.58. The van der Waals surface area contributed by atoms with Gasteiger partial charge in [0.1, 0.15) is 0 Å². The first-order valence-electron chi connectivity index (χ1n) is 7.31. The standard InChI is InChI=1S/C16H23N3/c1-2-3-9-18-10-4-11-19(13-12-18)16-7-5-15(14-17)6-8-16/h5-8H,2-4,9-13H2,1H3. The average Bonchev–Trinajstić information content (AvgIpc) is 2.71. The fraction of sp³-hybridized carbons (Fsp3) is 0.562. The summed E-state index contributed by atoms with van der Waals surface area (Å²) in [6.07, 6.45) is 3.80. The molecule has 0 spiro atoms. The normalized spacial score (nSPS) is 16.9. The minimum Gasteiger partial charge on any atom is -0.370 e. The third kappa shape index (κ3) is 3.97. The second-order valence-corrected chi connectivity index (χ2v) is 5.19. The van der Waals surface area contributed by atoms with Crippen LogP contribution in [0.15, 0.2) is 24.3 Å². The Morgan fingerprint density at radius 1 is 1.11 bits per heavy atom. The number of nitrogens with zero attached hydrogens (tertiary/aromatic N) is 3. The number of unbranched alkanes of at least 4 members (excludes halogenated alkanes) is 1. The van der Waals surface area contributed by atoms with Gasteiger partial charge in [-0.05, 0) is 50.2 Å². The van der Waals surface area contributed by atoms with Crippen molar-refractivity contribution in [2.45, 2.75) is 26.2 Å². The van der Waals surface area contributed by atoms with Crippen LogP contribution in [-0.2, 0) is 0 Å². The zero-order chi connectivity index (χ0) is 13.5. The number of rotatable bonds is 4. The summed E-state index contributed by atoms with van der Waals surface area (Å²) in [6.45, 7) is 8.06. The summed E-state index contributed by atoms with van der Waals surface area (Å²) >= 11 is 0. The molecule has 0 unspecified atom stereocenters. The van der Waals surface area contributed by atoms with Crippen molar-refractivity contribution in [3.63, 3.8) is 0 Å². The van der Waals surface area contributed by atoms with Gasteiger partial charge in [0, 0.05) is 25.3 Å². The monoisotopic (exact) mass is 257 g/mol. The molecule has 1 aromatic carbocycles. The lowest BCUT2D eigenvalue weighted by molar-refractivity contribution is 0.289. The maximum absolute atomic E-state index is 8.83. The van der Waals surface area contributed by atoms with E-state index in [1.165, 1.54) is 38.0 Å². The Morgan fingerprint density at radius 3 is 2.58 bits per heavy atom. The molecule has 0 bridgehead atoms. The van der Waals surface area contributed by atoms with Gasteiger partial charge in [-0.2, -0.15) is 5.26 Å². The van der Waals surface area contributed by atoms with Crippen LogP contribution in [0.1, 0.15) is 31.7 Å². The van der Waals surface area contributed by atoms with E-state index in [1.54, 1.807) is 0 Å². The molecule has 0 aromatic heterocycles. The molecule has 0 N–H and O–H groups in total. The SMILES string of the molecule is CCCCN1CCCN(c2ccc(C#N)cc2)CC1. The van der Waals surface area contributed by atoms with Gasteiger partial charge in [-0.1, -0.05) is 13.3 Å². The van der Waals surface area contributed by atoms with E-state index >= 15 is 0 Å². The van der Waals surface area contributed by atoms with Crippen molar-refractivity contribution in [1.29, 1.82) is 5.26 Å². The number of hydrogen-bond acceptors (Lipinski definition) is 3. The molecule has 1 aliphatic heterocycles. The van der Waals surface area contributed by atoms with E-state index in [2.05, 4.69) is 34.9 Å². The summed E-state index contributed by atoms with van der Waals surface area (Å²) in [5, 5.41) is 8.83. The lowest BCUT2D eigenvalue weighted by Crippen LogP contribution is -2.31. The molecule has 0 aliphatic carbocycles. The lowest BCUT2D eigenvalue weighted by atomic mass is 10.2. The fourth-order valence-corrected chi connectivity index (χ4v) is 2.58. The number of benzene rings is 1. The highest BCUT2D eigenvalue weighted by molar-refractivity contribution is 5.49. The third-order valence-electron chi connectivity index (χ3n) is 3.78. The zero-order valence-corrected chi connectivity index (χ0v) is 11.8. The van der Waals surface area contributed by atoms with Gasteiger partial charge >= 0.3 is 0 Å². The van der Waals surface area contributed by atoms with Gasteiger partial charge in [-0.15, -0.1) is 0 Å². The van der Waals surface area contributed by atoms with Crippen LogP contribution in [0.5, 0.6) is 0 Å². The minimum atomic E-state index is 0.739. The van der Waals surface area contributed by atoms with Crippen LogP contribution in [0.3, 0.4) is 0 Å². The summed E-state index contributed by atoms with van der Waals surface area (Å²) in [5.41, 5.74) is 1.99. The Hall–Kier alpha value is -1.53. The molecule has 0 saturated carbocycles. The molecule has 0 radical (unpaired) electrons. The van der Waals surface area contributed by atoms with Gasteiger partial charge in [0.25, 0.3) is 0 Å². The lowest BCUT2D eigenvalue weighted by Gasteiger charge is -2.23. The summed E-state index contributed by atoms with van der Waals surface area (Å²) in [7, 11) is 0. The highest BCUT2D eigenvalue weighted by atomic mass is 15.2. The number of nitriles is 1. The molecule has 1 heterocycles. The molecule has 0 amide bonds. The summed E-state index contributed by atoms with van der Waals surface area (Å²) in [6, 6.07) is 10.1. The van der Waals surface area contributed by atoms with Gasteiger partial charge in [-0.3, -0.25) is 0 Å². The largest absolute Gasteiger partial charge is 0.370 e. The molecule has 19 heavy (non-hydrogen) atoms. The molecule has 1 aromatic rings. The molecule has 1 aliphatic rings. The summed E-state index contributed by atoms with van der Waals surface area (Å²) in [4.78, 5) is 5.01. The van der Waals surface area contributed by atoms with Gasteiger partial charge in [0.05, 0.1) is 11.6 Å². The van der Waals surface area contributed by atoms with Crippen LogP contribution in [0.4, 0.5) is 5.69 Å². The van der Waals surface area contributed by atoms with E-state index in [1.807, 2.05) is 12.1 Å². The Kier molecular flexibility index (Phi) is 5.23. The van der Waals surface area contributed by atoms with Crippen molar-refractivity contribution in [2.24, 2.45) is 0 Å². The Morgan fingerprint density at radius 2 is 1.89 bits per heavy atom. The van der Waals surface area contributed by atoms with Gasteiger partial charge in [0.2, 0.25) is 0 Å². The first kappa shape index (κ1) is 13.9. The van der Waals surface area contributed by atoms with Gasteiger partial charge in [0.15, 0.2) is 0 Å². The molecule has 3 nitrogen and oxygen atoms in total. The van der Waals surface area contributed by atoms with E-state index < -0.39 is 0 Å². The van der Waals surface area contributed by atoms with Crippen LogP contribution in [0.25, 0.3) is 0 Å². The molecule has 3 heteroatoms. The third-order valence-corrected chi connectivity index (χ3v) is 3.78. The van der Waals surface area contributed by atoms with E-state index in [0.717, 1.165) is 25.2 Å². The Bertz CT molecular complexity index is 419. The number of anilines is 1. The summed E-state index contributed by atoms with van der Waals surface area (Å²) in [5.74, 6) is 0. The van der Waals surface area contributed by atoms with Gasteiger partial charge < -0.3 is 9.80 Å². The smallest absolute Gasteiger partial charge is 0.0991 e. The van der Waals surface area contributed by atoms with Crippen LogP contribution in [0, 0.1) is 11.3 Å². The maximum Gasteiger partial charge on any atom is 0.0991 e. The van der Waals surface area contributed by atoms with Crippen LogP contribution in [0.2, 0.25) is 0 Å². The zero-order valence-electron chi connectivity index (χ0n) is 11.8. The second kappa shape index (κ2) is 7.16. The van der Waals surface area contributed by atoms with Crippen molar-refractivity contribution in [3.8, 4) is 6.07 Å². The predicted molar refractivity (Wildman–Crippen MR) is 79.3 cm³/mol. The first-order chi connectivity index (χ1) is 9.33. The van der Waals surface area contributed by atoms with Crippen molar-refractivity contribution >= 4 is 5.69 Å². The highest BCUT2D eigenvalue weighted by Gasteiger charge is 2.14. The second-order valence-electron chi connectivity index (χ2n) is 5.19. The van der Waals surface area contributed by atoms with Crippen LogP contribution >= 0.6 is 0 Å². The number of hydrogen-bond donors (Lipinski definition) is 0. The molecular weight excluding hydrogens is 234 g/mol. The molecular formula is C16H23N3. The molecule has 2 rings (SSSR count). The van der Waals surface area contributed by atoms with E-state index in [-0.39, 0.29) is 0 Å². The first-order valence-corrected chi connectivity index (χ1v) is 7.31. The molecule has 0 atom stereocenters. The quantitative estimate of drug-likeness (QED) is 0.831. The van der Waals surface area contributed by atoms with Crippen molar-refractivity contribution in [2.75, 3.05) is 37.6 Å². The molecule has 1 saturated heterocycles. The van der Waals surface area contributed by atoms with E-state index in [9.17, 15) is 0 Å². The van der Waals surface area contributed by atoms with E-state index in [4.69, 9.17) is 5.26 Å². The van der Waals surface area contributed by atoms with E-state index in [0.29, 0.717) is 0 Å². The predicted octanol–water partition coefficient (Wildman–Crippen LogP) is 2.87. The molecule has 102 valence electrons. The van der Waals surface area contributed by atoms with Crippen molar-refractivity contribution in [1.82, 2.24) is 4.90 Å². The van der Waals surface area contributed by atoms with Crippen LogP contribution in [-0.4, -0.2) is 37.6 Å². The molecule has 1 fully saturated rings. The van der Waals surface area contributed by atoms with Crippen molar-refractivity contribution in [3.05, 3.63) is 29.8 Å². The Labute approximate surface area is 116 Å². The minimum absolute atomic E-state index is 0.739. The van der Waals surface area contributed by atoms with Crippen LogP contribution < -0.4 is 4.90 Å². The van der Waals surface area contributed by atoms with Gasteiger partial charge in [-0.25, -0.2) is 0 Å². The topological polar surface area (TPSA) is 30.3 Å².